The molecule has 0 saturated carbocycles. The molecule has 0 spiro atoms. The Balaban J connectivity index is 2.45. The normalized spacial score (nSPS) is 20.8. The summed E-state index contributed by atoms with van der Waals surface area (Å²) in [6, 6.07) is 5.47. The molecule has 1 saturated heterocycles. The monoisotopic (exact) mass is 299 g/mol. The van der Waals surface area contributed by atoms with E-state index in [9.17, 15) is 13.2 Å². The largest absolute Gasteiger partial charge is 0.378 e. The van der Waals surface area contributed by atoms with Crippen LogP contribution in [-0.2, 0) is 26.1 Å². The first-order valence-corrected chi connectivity index (χ1v) is 7.59. The van der Waals surface area contributed by atoms with Gasteiger partial charge in [-0.2, -0.15) is 4.31 Å². The zero-order valence-electron chi connectivity index (χ0n) is 10.9. The number of ether oxygens (including phenoxy) is 1. The quantitative estimate of drug-likeness (QED) is 0.741. The molecule has 4 N–H and O–H groups in total. The van der Waals surface area contributed by atoms with Crippen LogP contribution in [0.1, 0.15) is 5.56 Å². The molecule has 2 rings (SSSR count). The molecule has 0 bridgehead atoms. The minimum Gasteiger partial charge on any atom is -0.378 e. The minimum atomic E-state index is -3.83. The molecule has 1 aromatic rings. The van der Waals surface area contributed by atoms with E-state index in [0.29, 0.717) is 5.56 Å². The number of benzene rings is 1. The number of nitrogens with zero attached hydrogens (tertiary/aromatic N) is 1. The lowest BCUT2D eigenvalue weighted by molar-refractivity contribution is -0.125. The van der Waals surface area contributed by atoms with Crippen molar-refractivity contribution in [3.8, 4) is 0 Å². The average Bonchev–Trinajstić information content (AvgIpc) is 2.47. The first-order valence-electron chi connectivity index (χ1n) is 6.15. The molecule has 1 atom stereocenters. The van der Waals surface area contributed by atoms with Crippen molar-refractivity contribution in [3.63, 3.8) is 0 Å². The third-order valence-electron chi connectivity index (χ3n) is 3.19. The van der Waals surface area contributed by atoms with Gasteiger partial charge in [-0.1, -0.05) is 18.2 Å². The van der Waals surface area contributed by atoms with Gasteiger partial charge in [-0.15, -0.1) is 0 Å². The maximum absolute atomic E-state index is 12.7. The first kappa shape index (κ1) is 14.9. The summed E-state index contributed by atoms with van der Waals surface area (Å²) >= 11 is 0. The molecule has 1 aliphatic rings. The van der Waals surface area contributed by atoms with Crippen LogP contribution in [0.3, 0.4) is 0 Å². The minimum absolute atomic E-state index is 0.0284. The molecule has 1 unspecified atom stereocenters. The van der Waals surface area contributed by atoms with E-state index < -0.39 is 22.0 Å². The molecule has 1 aromatic carbocycles. The van der Waals surface area contributed by atoms with Crippen LogP contribution in [0.2, 0.25) is 0 Å². The molecule has 8 heteroatoms. The summed E-state index contributed by atoms with van der Waals surface area (Å²) in [5, 5.41) is 0. The second kappa shape index (κ2) is 5.88. The Bertz CT molecular complexity index is 602. The van der Waals surface area contributed by atoms with Gasteiger partial charge in [0.1, 0.15) is 6.04 Å². The molecular formula is C12H17N3O4S. The number of carbonyl (C=O) groups is 1. The number of carbonyl (C=O) groups excluding carboxylic acids is 1. The van der Waals surface area contributed by atoms with Gasteiger partial charge in [-0.3, -0.25) is 4.79 Å². The number of rotatable bonds is 4. The van der Waals surface area contributed by atoms with Gasteiger partial charge < -0.3 is 16.2 Å². The lowest BCUT2D eigenvalue weighted by Crippen LogP contribution is -2.54. The second-order valence-corrected chi connectivity index (χ2v) is 6.28. The topological polar surface area (TPSA) is 116 Å². The van der Waals surface area contributed by atoms with Gasteiger partial charge in [0.05, 0.1) is 18.1 Å². The summed E-state index contributed by atoms with van der Waals surface area (Å²) in [5.74, 6) is -0.724. The van der Waals surface area contributed by atoms with Crippen LogP contribution in [0.15, 0.2) is 29.2 Å². The third-order valence-corrected chi connectivity index (χ3v) is 5.20. The van der Waals surface area contributed by atoms with E-state index in [1.807, 2.05) is 0 Å². The predicted octanol–water partition coefficient (Wildman–Crippen LogP) is -0.980. The van der Waals surface area contributed by atoms with Crippen LogP contribution in [0.4, 0.5) is 0 Å². The molecule has 20 heavy (non-hydrogen) atoms. The number of nitrogens with two attached hydrogens (primary N) is 2. The fraction of sp³-hybridized carbons (Fsp3) is 0.417. The van der Waals surface area contributed by atoms with Crippen LogP contribution < -0.4 is 11.5 Å². The smallest absolute Gasteiger partial charge is 0.244 e. The van der Waals surface area contributed by atoms with Gasteiger partial charge in [-0.25, -0.2) is 8.42 Å². The number of amides is 1. The molecule has 1 fully saturated rings. The van der Waals surface area contributed by atoms with Crippen molar-refractivity contribution in [1.82, 2.24) is 4.31 Å². The molecule has 1 heterocycles. The molecule has 1 amide bonds. The van der Waals surface area contributed by atoms with E-state index in [0.717, 1.165) is 4.31 Å². The van der Waals surface area contributed by atoms with Gasteiger partial charge in [-0.05, 0) is 11.6 Å². The van der Waals surface area contributed by atoms with Crippen LogP contribution in [0.5, 0.6) is 0 Å². The molecule has 7 nitrogen and oxygen atoms in total. The molecular weight excluding hydrogens is 282 g/mol. The van der Waals surface area contributed by atoms with E-state index in [2.05, 4.69) is 0 Å². The zero-order chi connectivity index (χ0) is 14.8. The highest BCUT2D eigenvalue weighted by Crippen LogP contribution is 2.23. The van der Waals surface area contributed by atoms with Gasteiger partial charge in [0, 0.05) is 13.1 Å². The van der Waals surface area contributed by atoms with Crippen molar-refractivity contribution >= 4 is 15.9 Å². The van der Waals surface area contributed by atoms with Crippen molar-refractivity contribution in [1.29, 1.82) is 0 Å². The summed E-state index contributed by atoms with van der Waals surface area (Å²) in [4.78, 5) is 11.5. The maximum atomic E-state index is 12.7. The first-order chi connectivity index (χ1) is 9.48. The molecule has 110 valence electrons. The summed E-state index contributed by atoms with van der Waals surface area (Å²) in [5.41, 5.74) is 11.3. The van der Waals surface area contributed by atoms with Crippen molar-refractivity contribution in [3.05, 3.63) is 29.8 Å². The molecule has 0 aliphatic carbocycles. The summed E-state index contributed by atoms with van der Waals surface area (Å²) in [6.07, 6.45) is 0. The van der Waals surface area contributed by atoms with Crippen molar-refractivity contribution < 1.29 is 17.9 Å². The van der Waals surface area contributed by atoms with Crippen LogP contribution in [-0.4, -0.2) is 44.4 Å². The van der Waals surface area contributed by atoms with Crippen molar-refractivity contribution in [2.24, 2.45) is 11.5 Å². The van der Waals surface area contributed by atoms with E-state index >= 15 is 0 Å². The SMILES string of the molecule is NCc1ccccc1S(=O)(=O)N1CCOCC1C(N)=O. The maximum Gasteiger partial charge on any atom is 0.244 e. The Kier molecular flexibility index (Phi) is 4.39. The highest BCUT2D eigenvalue weighted by Gasteiger charge is 2.37. The molecule has 0 aromatic heterocycles. The average molecular weight is 299 g/mol. The fourth-order valence-corrected chi connectivity index (χ4v) is 3.95. The Labute approximate surface area is 117 Å². The summed E-state index contributed by atoms with van der Waals surface area (Å²) in [6.45, 7) is 0.392. The van der Waals surface area contributed by atoms with Crippen LogP contribution in [0.25, 0.3) is 0 Å². The number of hydrogen-bond acceptors (Lipinski definition) is 5. The van der Waals surface area contributed by atoms with E-state index in [4.69, 9.17) is 16.2 Å². The summed E-state index contributed by atoms with van der Waals surface area (Å²) in [7, 11) is -3.83. The lowest BCUT2D eigenvalue weighted by Gasteiger charge is -2.32. The van der Waals surface area contributed by atoms with Crippen molar-refractivity contribution in [2.75, 3.05) is 19.8 Å². The van der Waals surface area contributed by atoms with Crippen LogP contribution in [0, 0.1) is 0 Å². The highest BCUT2D eigenvalue weighted by molar-refractivity contribution is 7.89. The van der Waals surface area contributed by atoms with Gasteiger partial charge in [0.15, 0.2) is 0 Å². The van der Waals surface area contributed by atoms with Gasteiger partial charge >= 0.3 is 0 Å². The molecule has 1 aliphatic heterocycles. The number of hydrogen-bond donors (Lipinski definition) is 2. The predicted molar refractivity (Wildman–Crippen MR) is 72.0 cm³/mol. The number of sulfonamides is 1. The lowest BCUT2D eigenvalue weighted by atomic mass is 10.2. The Morgan fingerprint density at radius 1 is 1.40 bits per heavy atom. The second-order valence-electron chi connectivity index (χ2n) is 4.42. The fourth-order valence-electron chi connectivity index (χ4n) is 2.15. The zero-order valence-corrected chi connectivity index (χ0v) is 11.7. The van der Waals surface area contributed by atoms with Gasteiger partial charge in [0.2, 0.25) is 15.9 Å². The Morgan fingerprint density at radius 3 is 2.75 bits per heavy atom. The van der Waals surface area contributed by atoms with E-state index in [1.54, 1.807) is 18.2 Å². The van der Waals surface area contributed by atoms with E-state index in [-0.39, 0.29) is 31.2 Å². The number of morpholine rings is 1. The Hall–Kier alpha value is -1.48. The number of primary amides is 1. The third kappa shape index (κ3) is 2.68. The van der Waals surface area contributed by atoms with Crippen LogP contribution >= 0.6 is 0 Å². The standard InChI is InChI=1S/C12H17N3O4S/c13-7-9-3-1-2-4-11(9)20(17,18)15-5-6-19-8-10(15)12(14)16/h1-4,10H,5-8,13H2,(H2,14,16). The van der Waals surface area contributed by atoms with Gasteiger partial charge in [0.25, 0.3) is 0 Å². The van der Waals surface area contributed by atoms with E-state index in [1.165, 1.54) is 6.07 Å². The summed E-state index contributed by atoms with van der Waals surface area (Å²) < 4.78 is 31.6. The highest BCUT2D eigenvalue weighted by atomic mass is 32.2. The Morgan fingerprint density at radius 2 is 2.10 bits per heavy atom. The molecule has 0 radical (unpaired) electrons. The van der Waals surface area contributed by atoms with Crippen molar-refractivity contribution in [2.45, 2.75) is 17.5 Å².